The van der Waals surface area contributed by atoms with Gasteiger partial charge in [-0.1, -0.05) is 0 Å². The van der Waals surface area contributed by atoms with Crippen molar-refractivity contribution in [3.05, 3.63) is 33.9 Å². The Morgan fingerprint density at radius 3 is 2.76 bits per heavy atom. The standard InChI is InChI=1S/C10H11NO6/c1-16-10(13)6-17-9-3-2-8(11(14)15)4-7(9)5-12/h2-4,12H,5-6H2,1H3. The molecule has 1 N–H and O–H groups in total. The van der Waals surface area contributed by atoms with E-state index in [-0.39, 0.29) is 23.6 Å². The van der Waals surface area contributed by atoms with E-state index in [9.17, 15) is 14.9 Å². The molecule has 92 valence electrons. The van der Waals surface area contributed by atoms with Gasteiger partial charge in [-0.25, -0.2) is 4.79 Å². The molecule has 1 aromatic carbocycles. The minimum Gasteiger partial charge on any atom is -0.482 e. The summed E-state index contributed by atoms with van der Waals surface area (Å²) < 4.78 is 9.43. The average Bonchev–Trinajstić information content (AvgIpc) is 2.35. The molecule has 0 saturated heterocycles. The topological polar surface area (TPSA) is 98.9 Å². The highest BCUT2D eigenvalue weighted by Crippen LogP contribution is 2.24. The molecular weight excluding hydrogens is 230 g/mol. The van der Waals surface area contributed by atoms with E-state index in [0.717, 1.165) is 0 Å². The Morgan fingerprint density at radius 1 is 1.53 bits per heavy atom. The first-order chi connectivity index (χ1) is 8.08. The summed E-state index contributed by atoms with van der Waals surface area (Å²) in [6.45, 7) is -0.737. The maximum atomic E-state index is 10.8. The lowest BCUT2D eigenvalue weighted by molar-refractivity contribution is -0.385. The molecule has 0 aliphatic rings. The van der Waals surface area contributed by atoms with Crippen molar-refractivity contribution < 1.29 is 24.3 Å². The van der Waals surface area contributed by atoms with E-state index in [2.05, 4.69) is 4.74 Å². The van der Waals surface area contributed by atoms with Crippen molar-refractivity contribution in [1.82, 2.24) is 0 Å². The fourth-order valence-electron chi connectivity index (χ4n) is 1.14. The fraction of sp³-hybridized carbons (Fsp3) is 0.300. The maximum absolute atomic E-state index is 10.8. The molecule has 0 unspecified atom stereocenters. The molecule has 0 atom stereocenters. The van der Waals surface area contributed by atoms with Crippen molar-refractivity contribution in [3.63, 3.8) is 0 Å². The predicted molar refractivity (Wildman–Crippen MR) is 56.5 cm³/mol. The first kappa shape index (κ1) is 12.9. The Morgan fingerprint density at radius 2 is 2.24 bits per heavy atom. The Balaban J connectivity index is 2.85. The third-order valence-electron chi connectivity index (χ3n) is 2.00. The van der Waals surface area contributed by atoms with Gasteiger partial charge in [-0.3, -0.25) is 10.1 Å². The summed E-state index contributed by atoms with van der Waals surface area (Å²) in [6.07, 6.45) is 0. The van der Waals surface area contributed by atoms with Crippen molar-refractivity contribution in [2.24, 2.45) is 0 Å². The lowest BCUT2D eigenvalue weighted by Gasteiger charge is -2.08. The average molecular weight is 241 g/mol. The lowest BCUT2D eigenvalue weighted by atomic mass is 10.2. The first-order valence-electron chi connectivity index (χ1n) is 4.66. The molecule has 0 amide bonds. The van der Waals surface area contributed by atoms with E-state index in [0.29, 0.717) is 0 Å². The number of nitrogens with zero attached hydrogens (tertiary/aromatic N) is 1. The summed E-state index contributed by atoms with van der Waals surface area (Å²) in [5.74, 6) is -0.365. The number of nitro groups is 1. The van der Waals surface area contributed by atoms with Gasteiger partial charge in [0.15, 0.2) is 6.61 Å². The van der Waals surface area contributed by atoms with Crippen molar-refractivity contribution in [2.45, 2.75) is 6.61 Å². The Hall–Kier alpha value is -2.15. The molecule has 0 bridgehead atoms. The number of carbonyl (C=O) groups is 1. The van der Waals surface area contributed by atoms with Crippen LogP contribution in [0.25, 0.3) is 0 Å². The monoisotopic (exact) mass is 241 g/mol. The van der Waals surface area contributed by atoms with Gasteiger partial charge in [0.05, 0.1) is 18.6 Å². The van der Waals surface area contributed by atoms with Crippen LogP contribution in [-0.2, 0) is 16.1 Å². The second kappa shape index (κ2) is 5.80. The lowest BCUT2D eigenvalue weighted by Crippen LogP contribution is -2.13. The normalized spacial score (nSPS) is 9.76. The number of ether oxygens (including phenoxy) is 2. The SMILES string of the molecule is COC(=O)COc1ccc([N+](=O)[O-])cc1CO. The number of hydrogen-bond acceptors (Lipinski definition) is 6. The third kappa shape index (κ3) is 3.42. The van der Waals surface area contributed by atoms with Gasteiger partial charge in [0.2, 0.25) is 0 Å². The van der Waals surface area contributed by atoms with Crippen LogP contribution in [0.1, 0.15) is 5.56 Å². The number of non-ortho nitro benzene ring substituents is 1. The fourth-order valence-corrected chi connectivity index (χ4v) is 1.14. The van der Waals surface area contributed by atoms with Gasteiger partial charge < -0.3 is 14.6 Å². The van der Waals surface area contributed by atoms with E-state index in [4.69, 9.17) is 9.84 Å². The van der Waals surface area contributed by atoms with Crippen LogP contribution in [0.15, 0.2) is 18.2 Å². The van der Waals surface area contributed by atoms with Crippen LogP contribution in [0.3, 0.4) is 0 Å². The zero-order chi connectivity index (χ0) is 12.8. The van der Waals surface area contributed by atoms with E-state index >= 15 is 0 Å². The molecular formula is C10H11NO6. The number of methoxy groups -OCH3 is 1. The minimum atomic E-state index is -0.580. The molecule has 1 rings (SSSR count). The van der Waals surface area contributed by atoms with Gasteiger partial charge in [-0.05, 0) is 6.07 Å². The number of nitro benzene ring substituents is 1. The highest BCUT2D eigenvalue weighted by atomic mass is 16.6. The zero-order valence-electron chi connectivity index (χ0n) is 9.08. The minimum absolute atomic E-state index is 0.153. The number of esters is 1. The van der Waals surface area contributed by atoms with E-state index in [1.807, 2.05) is 0 Å². The number of carbonyl (C=O) groups excluding carboxylic acids is 1. The number of hydrogen-bond donors (Lipinski definition) is 1. The molecule has 0 aliphatic heterocycles. The zero-order valence-corrected chi connectivity index (χ0v) is 9.08. The molecule has 0 spiro atoms. The number of rotatable bonds is 5. The van der Waals surface area contributed by atoms with Crippen LogP contribution >= 0.6 is 0 Å². The third-order valence-corrected chi connectivity index (χ3v) is 2.00. The van der Waals surface area contributed by atoms with Crippen LogP contribution < -0.4 is 4.74 Å². The van der Waals surface area contributed by atoms with Crippen LogP contribution in [0, 0.1) is 10.1 Å². The Bertz CT molecular complexity index is 431. The van der Waals surface area contributed by atoms with E-state index < -0.39 is 17.5 Å². The largest absolute Gasteiger partial charge is 0.482 e. The predicted octanol–water partition coefficient (Wildman–Crippen LogP) is 0.639. The van der Waals surface area contributed by atoms with Gasteiger partial charge in [0, 0.05) is 17.7 Å². The van der Waals surface area contributed by atoms with Gasteiger partial charge in [-0.2, -0.15) is 0 Å². The summed E-state index contributed by atoms with van der Waals surface area (Å²) in [6, 6.07) is 3.74. The summed E-state index contributed by atoms with van der Waals surface area (Å²) in [4.78, 5) is 20.8. The molecule has 1 aromatic rings. The molecule has 0 aliphatic carbocycles. The Kier molecular flexibility index (Phi) is 4.41. The van der Waals surface area contributed by atoms with Crippen molar-refractivity contribution in [2.75, 3.05) is 13.7 Å². The number of benzene rings is 1. The summed E-state index contributed by atoms with van der Waals surface area (Å²) in [5, 5.41) is 19.5. The summed E-state index contributed by atoms with van der Waals surface area (Å²) in [5.41, 5.74) is 0.0857. The van der Waals surface area contributed by atoms with Crippen molar-refractivity contribution in [3.8, 4) is 5.75 Å². The van der Waals surface area contributed by atoms with Crippen molar-refractivity contribution >= 4 is 11.7 Å². The summed E-state index contributed by atoms with van der Waals surface area (Å²) in [7, 11) is 1.22. The van der Waals surface area contributed by atoms with Crippen LogP contribution in [0.4, 0.5) is 5.69 Å². The molecule has 0 radical (unpaired) electrons. The van der Waals surface area contributed by atoms with Crippen LogP contribution in [0.5, 0.6) is 5.75 Å². The first-order valence-corrected chi connectivity index (χ1v) is 4.66. The number of aliphatic hydroxyl groups excluding tert-OH is 1. The maximum Gasteiger partial charge on any atom is 0.343 e. The van der Waals surface area contributed by atoms with Gasteiger partial charge in [0.25, 0.3) is 5.69 Å². The van der Waals surface area contributed by atoms with Gasteiger partial charge >= 0.3 is 5.97 Å². The molecule has 0 saturated carbocycles. The number of aliphatic hydroxyl groups is 1. The quantitative estimate of drug-likeness (QED) is 0.461. The van der Waals surface area contributed by atoms with E-state index in [1.54, 1.807) is 0 Å². The molecule has 0 heterocycles. The van der Waals surface area contributed by atoms with Gasteiger partial charge in [-0.15, -0.1) is 0 Å². The Labute approximate surface area is 96.7 Å². The van der Waals surface area contributed by atoms with Crippen LogP contribution in [-0.4, -0.2) is 29.7 Å². The second-order valence-corrected chi connectivity index (χ2v) is 3.07. The van der Waals surface area contributed by atoms with Gasteiger partial charge in [0.1, 0.15) is 5.75 Å². The smallest absolute Gasteiger partial charge is 0.343 e. The highest BCUT2D eigenvalue weighted by Gasteiger charge is 2.12. The molecule has 0 fully saturated rings. The van der Waals surface area contributed by atoms with E-state index in [1.165, 1.54) is 25.3 Å². The molecule has 7 heteroatoms. The van der Waals surface area contributed by atoms with Crippen LogP contribution in [0.2, 0.25) is 0 Å². The highest BCUT2D eigenvalue weighted by molar-refractivity contribution is 5.71. The van der Waals surface area contributed by atoms with Crippen molar-refractivity contribution in [1.29, 1.82) is 0 Å². The molecule has 0 aromatic heterocycles. The molecule has 7 nitrogen and oxygen atoms in total. The molecule has 17 heavy (non-hydrogen) atoms. The summed E-state index contributed by atoms with van der Waals surface area (Å²) >= 11 is 0. The second-order valence-electron chi connectivity index (χ2n) is 3.07.